The summed E-state index contributed by atoms with van der Waals surface area (Å²) in [6.07, 6.45) is 0.197. The van der Waals surface area contributed by atoms with Gasteiger partial charge in [0.2, 0.25) is 0 Å². The predicted molar refractivity (Wildman–Crippen MR) is 72.3 cm³/mol. The predicted octanol–water partition coefficient (Wildman–Crippen LogP) is -1.05. The summed E-state index contributed by atoms with van der Waals surface area (Å²) in [7, 11) is 0. The lowest BCUT2D eigenvalue weighted by molar-refractivity contribution is -0.0726. The number of aromatic nitrogens is 3. The van der Waals surface area contributed by atoms with Gasteiger partial charge < -0.3 is 30.4 Å². The fourth-order valence-corrected chi connectivity index (χ4v) is 3.73. The van der Waals surface area contributed by atoms with Crippen LogP contribution in [0, 0.1) is 5.82 Å². The molecule has 9 heteroatoms. The van der Waals surface area contributed by atoms with Crippen LogP contribution >= 0.6 is 0 Å². The minimum absolute atomic E-state index is 0.00101. The van der Waals surface area contributed by atoms with E-state index in [1.165, 1.54) is 10.9 Å². The fraction of sp³-hybridized carbons (Fsp3) is 0.538. The second kappa shape index (κ2) is 3.93. The van der Waals surface area contributed by atoms with Crippen molar-refractivity contribution in [2.24, 2.45) is 0 Å². The zero-order valence-corrected chi connectivity index (χ0v) is 11.6. The highest BCUT2D eigenvalue weighted by molar-refractivity contribution is 5.87. The zero-order valence-electron chi connectivity index (χ0n) is 11.6. The van der Waals surface area contributed by atoms with Gasteiger partial charge in [-0.1, -0.05) is 0 Å². The molecule has 0 bridgehead atoms. The van der Waals surface area contributed by atoms with Crippen LogP contribution in [0.2, 0.25) is 0 Å². The Morgan fingerprint density at radius 2 is 2.23 bits per heavy atom. The zero-order chi connectivity index (χ0) is 15.9. The highest BCUT2D eigenvalue weighted by Gasteiger charge is 2.85. The molecular weight excluding hydrogens is 295 g/mol. The van der Waals surface area contributed by atoms with E-state index < -0.39 is 41.9 Å². The topological polar surface area (TPSA) is 127 Å². The normalized spacial score (nSPS) is 40.1. The molecule has 8 nitrogen and oxygen atoms in total. The summed E-state index contributed by atoms with van der Waals surface area (Å²) >= 11 is 0. The second-order valence-corrected chi connectivity index (χ2v) is 5.96. The maximum absolute atomic E-state index is 14.1. The highest BCUT2D eigenvalue weighted by Crippen LogP contribution is 2.67. The average molecular weight is 310 g/mol. The number of ether oxygens (including phenoxy) is 1. The number of hydrogen-bond acceptors (Lipinski definition) is 7. The van der Waals surface area contributed by atoms with Gasteiger partial charge in [-0.2, -0.15) is 0 Å². The van der Waals surface area contributed by atoms with E-state index in [2.05, 4.69) is 9.97 Å². The molecule has 0 radical (unpaired) electrons. The Bertz CT molecular complexity index is 783. The lowest BCUT2D eigenvalue weighted by Gasteiger charge is -2.22. The van der Waals surface area contributed by atoms with E-state index in [1.54, 1.807) is 6.92 Å². The third-order valence-corrected chi connectivity index (χ3v) is 4.90. The fourth-order valence-electron chi connectivity index (χ4n) is 3.73. The van der Waals surface area contributed by atoms with E-state index in [4.69, 9.17) is 10.5 Å². The van der Waals surface area contributed by atoms with Gasteiger partial charge >= 0.3 is 0 Å². The van der Waals surface area contributed by atoms with Crippen molar-refractivity contribution in [1.82, 2.24) is 14.5 Å². The molecule has 5 N–H and O–H groups in total. The Hall–Kier alpha value is -1.81. The minimum Gasteiger partial charge on any atom is -0.394 e. The minimum atomic E-state index is -1.63. The average Bonchev–Trinajstić information content (AvgIpc) is 2.71. The van der Waals surface area contributed by atoms with Gasteiger partial charge in [-0.25, -0.2) is 14.4 Å². The number of rotatable bonds is 2. The molecule has 0 amide bonds. The molecule has 2 aromatic rings. The van der Waals surface area contributed by atoms with Crippen LogP contribution in [0.5, 0.6) is 0 Å². The van der Waals surface area contributed by atoms with E-state index in [9.17, 15) is 19.7 Å². The van der Waals surface area contributed by atoms with Gasteiger partial charge in [-0.15, -0.1) is 0 Å². The smallest absolute Gasteiger partial charge is 0.154 e. The number of hydrogen-bond donors (Lipinski definition) is 4. The summed E-state index contributed by atoms with van der Waals surface area (Å²) in [5.74, 6) is -0.614. The van der Waals surface area contributed by atoms with Gasteiger partial charge in [0.1, 0.15) is 47.2 Å². The Balaban J connectivity index is 1.85. The van der Waals surface area contributed by atoms with Crippen LogP contribution in [-0.4, -0.2) is 59.9 Å². The van der Waals surface area contributed by atoms with Crippen LogP contribution in [-0.2, 0) is 4.74 Å². The summed E-state index contributed by atoms with van der Waals surface area (Å²) in [6.45, 7) is 1.19. The Morgan fingerprint density at radius 3 is 2.82 bits per heavy atom. The molecule has 1 saturated heterocycles. The van der Waals surface area contributed by atoms with Crippen molar-refractivity contribution >= 4 is 16.9 Å². The largest absolute Gasteiger partial charge is 0.394 e. The van der Waals surface area contributed by atoms with Crippen LogP contribution in [0.3, 0.4) is 0 Å². The van der Waals surface area contributed by atoms with Crippen molar-refractivity contribution in [3.63, 3.8) is 0 Å². The number of nitrogens with two attached hydrogens (primary N) is 1. The molecule has 2 aliphatic rings. The SMILES string of the molecule is CC12O[C@H](CO)[C@H](O)[C@@]1(O)[C@@H]2n1cc(F)c2c(N)ncnc21. The number of aliphatic hydroxyl groups excluding tert-OH is 2. The van der Waals surface area contributed by atoms with Crippen molar-refractivity contribution in [3.8, 4) is 0 Å². The molecule has 1 aliphatic carbocycles. The monoisotopic (exact) mass is 310 g/mol. The van der Waals surface area contributed by atoms with Crippen molar-refractivity contribution in [1.29, 1.82) is 0 Å². The van der Waals surface area contributed by atoms with Gasteiger partial charge in [0.05, 0.1) is 12.0 Å². The molecule has 0 spiro atoms. The lowest BCUT2D eigenvalue weighted by Crippen LogP contribution is -2.39. The molecule has 2 aromatic heterocycles. The summed E-state index contributed by atoms with van der Waals surface area (Å²) in [5, 5.41) is 30.2. The van der Waals surface area contributed by atoms with Crippen molar-refractivity contribution in [3.05, 3.63) is 18.3 Å². The molecular formula is C13H15FN4O4. The first-order valence-corrected chi connectivity index (χ1v) is 6.82. The van der Waals surface area contributed by atoms with Crippen molar-refractivity contribution in [2.75, 3.05) is 12.3 Å². The van der Waals surface area contributed by atoms with Crippen LogP contribution < -0.4 is 5.73 Å². The maximum Gasteiger partial charge on any atom is 0.154 e. The van der Waals surface area contributed by atoms with E-state index in [-0.39, 0.29) is 16.9 Å². The van der Waals surface area contributed by atoms with Gasteiger partial charge in [-0.3, -0.25) is 0 Å². The van der Waals surface area contributed by atoms with Crippen LogP contribution in [0.25, 0.3) is 11.0 Å². The first-order chi connectivity index (χ1) is 10.4. The lowest BCUT2D eigenvalue weighted by atomic mass is 10.1. The summed E-state index contributed by atoms with van der Waals surface area (Å²) in [6, 6.07) is -0.737. The molecule has 3 heterocycles. The third kappa shape index (κ3) is 1.30. The molecule has 118 valence electrons. The van der Waals surface area contributed by atoms with Crippen LogP contribution in [0.1, 0.15) is 13.0 Å². The first kappa shape index (κ1) is 13.8. The second-order valence-electron chi connectivity index (χ2n) is 5.96. The molecule has 1 saturated carbocycles. The van der Waals surface area contributed by atoms with Crippen molar-refractivity contribution in [2.45, 2.75) is 36.4 Å². The van der Waals surface area contributed by atoms with Crippen molar-refractivity contribution < 1.29 is 24.4 Å². The Kier molecular flexibility index (Phi) is 2.47. The molecule has 1 unspecified atom stereocenters. The Labute approximate surface area is 124 Å². The van der Waals surface area contributed by atoms with Gasteiger partial charge in [0.25, 0.3) is 0 Å². The third-order valence-electron chi connectivity index (χ3n) is 4.90. The van der Waals surface area contributed by atoms with Gasteiger partial charge in [-0.05, 0) is 6.92 Å². The summed E-state index contributed by atoms with van der Waals surface area (Å²) in [5.41, 5.74) is 3.11. The van der Waals surface area contributed by atoms with Gasteiger partial charge in [0, 0.05) is 6.20 Å². The molecule has 1 aliphatic heterocycles. The Morgan fingerprint density at radius 1 is 1.50 bits per heavy atom. The summed E-state index contributed by atoms with van der Waals surface area (Å²) < 4.78 is 21.1. The number of nitrogen functional groups attached to an aromatic ring is 1. The summed E-state index contributed by atoms with van der Waals surface area (Å²) in [4.78, 5) is 7.76. The van der Waals surface area contributed by atoms with Crippen LogP contribution in [0.4, 0.5) is 10.2 Å². The molecule has 4 rings (SSSR count). The van der Waals surface area contributed by atoms with E-state index >= 15 is 0 Å². The van der Waals surface area contributed by atoms with E-state index in [0.717, 1.165) is 6.20 Å². The number of nitrogens with zero attached hydrogens (tertiary/aromatic N) is 3. The quantitative estimate of drug-likeness (QED) is 0.557. The molecule has 5 atom stereocenters. The van der Waals surface area contributed by atoms with Gasteiger partial charge in [0.15, 0.2) is 5.82 Å². The number of aliphatic hydroxyl groups is 3. The molecule has 22 heavy (non-hydrogen) atoms. The first-order valence-electron chi connectivity index (χ1n) is 6.82. The maximum atomic E-state index is 14.1. The molecule has 2 fully saturated rings. The number of anilines is 1. The number of halogens is 1. The number of fused-ring (bicyclic) bond motifs is 2. The van der Waals surface area contributed by atoms with E-state index in [1.807, 2.05) is 0 Å². The standard InChI is InChI=1S/C13H15FN4O4/c1-12-11(13(12,21)8(20)6(3-19)22-12)18-2-5(14)7-9(15)16-4-17-10(7)18/h2,4,6,8,11,19-21H,3H2,1H3,(H2,15,16,17)/t6-,8+,11-,12?,13-/m1/s1. The van der Waals surface area contributed by atoms with Crippen LogP contribution in [0.15, 0.2) is 12.5 Å². The highest BCUT2D eigenvalue weighted by atomic mass is 19.1. The molecule has 0 aromatic carbocycles. The van der Waals surface area contributed by atoms with E-state index in [0.29, 0.717) is 0 Å².